The molecule has 90 valence electrons. The fourth-order valence-corrected chi connectivity index (χ4v) is 2.15. The lowest BCUT2D eigenvalue weighted by Crippen LogP contribution is -1.90. The normalized spacial score (nSPS) is 11.1. The molecule has 0 fully saturated rings. The summed E-state index contributed by atoms with van der Waals surface area (Å²) in [7, 11) is 1.94. The van der Waals surface area contributed by atoms with Crippen LogP contribution in [0.5, 0.6) is 0 Å². The predicted molar refractivity (Wildman–Crippen MR) is 75.4 cm³/mol. The van der Waals surface area contributed by atoms with Crippen LogP contribution in [-0.4, -0.2) is 9.78 Å². The number of rotatable bonds is 3. The zero-order chi connectivity index (χ0) is 12.4. The second kappa shape index (κ2) is 4.96. The molecule has 2 nitrogen and oxygen atoms in total. The third kappa shape index (κ3) is 2.55. The highest BCUT2D eigenvalue weighted by Crippen LogP contribution is 2.25. The van der Waals surface area contributed by atoms with Crippen LogP contribution in [0.1, 0.15) is 30.9 Å². The maximum absolute atomic E-state index is 4.49. The smallest absolute Gasteiger partial charge is 0.0963 e. The van der Waals surface area contributed by atoms with E-state index in [-0.39, 0.29) is 0 Å². The Labute approximate surface area is 108 Å². The SMILES string of the molecule is CC(C)c1ccc(-c2nn(C)cc2CS)cc1. The number of nitrogens with zero attached hydrogens (tertiary/aromatic N) is 2. The molecule has 0 aliphatic heterocycles. The molecule has 1 heterocycles. The minimum absolute atomic E-state index is 0.567. The minimum Gasteiger partial charge on any atom is -0.275 e. The van der Waals surface area contributed by atoms with Gasteiger partial charge in [-0.1, -0.05) is 38.1 Å². The van der Waals surface area contributed by atoms with Crippen LogP contribution >= 0.6 is 12.6 Å². The number of aryl methyl sites for hydroxylation is 1. The number of aromatic nitrogens is 2. The van der Waals surface area contributed by atoms with Gasteiger partial charge in [0.1, 0.15) is 0 Å². The van der Waals surface area contributed by atoms with Crippen molar-refractivity contribution in [1.29, 1.82) is 0 Å². The Balaban J connectivity index is 2.39. The molecule has 2 aromatic rings. The molecule has 0 radical (unpaired) electrons. The van der Waals surface area contributed by atoms with Crippen molar-refractivity contribution in [2.75, 3.05) is 0 Å². The van der Waals surface area contributed by atoms with E-state index < -0.39 is 0 Å². The van der Waals surface area contributed by atoms with E-state index in [1.54, 1.807) is 0 Å². The van der Waals surface area contributed by atoms with Crippen molar-refractivity contribution in [2.24, 2.45) is 7.05 Å². The van der Waals surface area contributed by atoms with E-state index in [0.29, 0.717) is 5.92 Å². The van der Waals surface area contributed by atoms with Gasteiger partial charge in [-0.25, -0.2) is 0 Å². The zero-order valence-electron chi connectivity index (χ0n) is 10.5. The molecular formula is C14H18N2S. The second-order valence-electron chi connectivity index (χ2n) is 4.61. The topological polar surface area (TPSA) is 17.8 Å². The molecule has 17 heavy (non-hydrogen) atoms. The van der Waals surface area contributed by atoms with Crippen molar-refractivity contribution >= 4 is 12.6 Å². The summed E-state index contributed by atoms with van der Waals surface area (Å²) in [6.45, 7) is 4.41. The Bertz CT molecular complexity index is 497. The quantitative estimate of drug-likeness (QED) is 0.819. The Morgan fingerprint density at radius 3 is 2.41 bits per heavy atom. The van der Waals surface area contributed by atoms with E-state index in [2.05, 4.69) is 55.8 Å². The average Bonchev–Trinajstić information content (AvgIpc) is 2.70. The summed E-state index contributed by atoms with van der Waals surface area (Å²) < 4.78 is 1.84. The van der Waals surface area contributed by atoms with Crippen molar-refractivity contribution < 1.29 is 0 Å². The number of benzene rings is 1. The lowest BCUT2D eigenvalue weighted by Gasteiger charge is -2.06. The van der Waals surface area contributed by atoms with Gasteiger partial charge in [0.05, 0.1) is 5.69 Å². The summed E-state index contributed by atoms with van der Waals surface area (Å²) in [5, 5.41) is 4.49. The first-order chi connectivity index (χ1) is 8.11. The molecule has 0 bridgehead atoms. The van der Waals surface area contributed by atoms with Crippen molar-refractivity contribution in [2.45, 2.75) is 25.5 Å². The fourth-order valence-electron chi connectivity index (χ4n) is 1.92. The first-order valence-electron chi connectivity index (χ1n) is 5.85. The summed E-state index contributed by atoms with van der Waals surface area (Å²) in [6.07, 6.45) is 2.03. The lowest BCUT2D eigenvalue weighted by atomic mass is 10.00. The molecule has 0 spiro atoms. The molecule has 0 saturated carbocycles. The van der Waals surface area contributed by atoms with Crippen LogP contribution in [0.3, 0.4) is 0 Å². The molecule has 0 aliphatic rings. The van der Waals surface area contributed by atoms with Gasteiger partial charge in [-0.2, -0.15) is 17.7 Å². The van der Waals surface area contributed by atoms with Crippen LogP contribution in [0.4, 0.5) is 0 Å². The molecule has 1 aromatic carbocycles. The summed E-state index contributed by atoms with van der Waals surface area (Å²) in [5.74, 6) is 1.28. The Kier molecular flexibility index (Phi) is 3.57. The lowest BCUT2D eigenvalue weighted by molar-refractivity contribution is 0.770. The van der Waals surface area contributed by atoms with Crippen molar-refractivity contribution in [1.82, 2.24) is 9.78 Å². The van der Waals surface area contributed by atoms with Crippen LogP contribution in [0.15, 0.2) is 30.5 Å². The first-order valence-corrected chi connectivity index (χ1v) is 6.48. The summed E-state index contributed by atoms with van der Waals surface area (Å²) in [6, 6.07) is 8.64. The van der Waals surface area contributed by atoms with Gasteiger partial charge in [0, 0.05) is 30.1 Å². The van der Waals surface area contributed by atoms with Gasteiger partial charge in [-0.15, -0.1) is 0 Å². The average molecular weight is 246 g/mol. The van der Waals surface area contributed by atoms with Crippen LogP contribution < -0.4 is 0 Å². The van der Waals surface area contributed by atoms with Crippen LogP contribution in [0.2, 0.25) is 0 Å². The largest absolute Gasteiger partial charge is 0.275 e. The number of hydrogen-bond acceptors (Lipinski definition) is 2. The fraction of sp³-hybridized carbons (Fsp3) is 0.357. The highest BCUT2D eigenvalue weighted by Gasteiger charge is 2.09. The molecule has 3 heteroatoms. The van der Waals surface area contributed by atoms with E-state index >= 15 is 0 Å². The predicted octanol–water partition coefficient (Wildman–Crippen LogP) is 3.64. The van der Waals surface area contributed by atoms with E-state index in [0.717, 1.165) is 11.4 Å². The molecule has 1 aromatic heterocycles. The van der Waals surface area contributed by atoms with Crippen molar-refractivity contribution in [3.63, 3.8) is 0 Å². The van der Waals surface area contributed by atoms with Crippen molar-refractivity contribution in [3.8, 4) is 11.3 Å². The van der Waals surface area contributed by atoms with Gasteiger partial charge in [0.15, 0.2) is 0 Å². The maximum atomic E-state index is 4.49. The minimum atomic E-state index is 0.567. The monoisotopic (exact) mass is 246 g/mol. The molecular weight excluding hydrogens is 228 g/mol. The van der Waals surface area contributed by atoms with E-state index in [1.165, 1.54) is 16.7 Å². The maximum Gasteiger partial charge on any atom is 0.0963 e. The van der Waals surface area contributed by atoms with Gasteiger partial charge in [-0.3, -0.25) is 4.68 Å². The van der Waals surface area contributed by atoms with E-state index in [4.69, 9.17) is 0 Å². The van der Waals surface area contributed by atoms with E-state index in [1.807, 2.05) is 17.9 Å². The third-order valence-electron chi connectivity index (χ3n) is 2.93. The Hall–Kier alpha value is -1.22. The van der Waals surface area contributed by atoms with Crippen LogP contribution in [0.25, 0.3) is 11.3 Å². The summed E-state index contributed by atoms with van der Waals surface area (Å²) in [5.41, 5.74) is 4.74. The van der Waals surface area contributed by atoms with Gasteiger partial charge < -0.3 is 0 Å². The molecule has 0 saturated heterocycles. The van der Waals surface area contributed by atoms with Crippen molar-refractivity contribution in [3.05, 3.63) is 41.6 Å². The number of thiol groups is 1. The zero-order valence-corrected chi connectivity index (χ0v) is 11.4. The summed E-state index contributed by atoms with van der Waals surface area (Å²) >= 11 is 4.34. The molecule has 0 unspecified atom stereocenters. The van der Waals surface area contributed by atoms with Gasteiger partial charge in [0.25, 0.3) is 0 Å². The molecule has 0 N–H and O–H groups in total. The van der Waals surface area contributed by atoms with Gasteiger partial charge in [-0.05, 0) is 11.5 Å². The highest BCUT2D eigenvalue weighted by atomic mass is 32.1. The second-order valence-corrected chi connectivity index (χ2v) is 4.93. The van der Waals surface area contributed by atoms with Crippen LogP contribution in [0, 0.1) is 0 Å². The third-order valence-corrected chi connectivity index (χ3v) is 3.27. The van der Waals surface area contributed by atoms with Gasteiger partial charge in [0.2, 0.25) is 0 Å². The molecule has 2 rings (SSSR count). The molecule has 0 aliphatic carbocycles. The molecule has 0 atom stereocenters. The van der Waals surface area contributed by atoms with Gasteiger partial charge >= 0.3 is 0 Å². The first kappa shape index (κ1) is 12.2. The highest BCUT2D eigenvalue weighted by molar-refractivity contribution is 7.79. The Morgan fingerprint density at radius 1 is 1.24 bits per heavy atom. The number of hydrogen-bond donors (Lipinski definition) is 1. The standard InChI is InChI=1S/C14H18N2S/c1-10(2)11-4-6-12(7-5-11)14-13(9-17)8-16(3)15-14/h4-8,10,17H,9H2,1-3H3. The van der Waals surface area contributed by atoms with E-state index in [9.17, 15) is 0 Å². The Morgan fingerprint density at radius 2 is 1.88 bits per heavy atom. The summed E-state index contributed by atoms with van der Waals surface area (Å²) in [4.78, 5) is 0. The molecule has 0 amide bonds. The van der Waals surface area contributed by atoms with Crippen LogP contribution in [-0.2, 0) is 12.8 Å².